The molecular weight excluding hydrogens is 542 g/mol. The summed E-state index contributed by atoms with van der Waals surface area (Å²) in [5.74, 6) is -4.82. The summed E-state index contributed by atoms with van der Waals surface area (Å²) in [6.45, 7) is 12.4. The molecular formula is C23H38FN4O10P. The van der Waals surface area contributed by atoms with Crippen molar-refractivity contribution in [1.29, 1.82) is 0 Å². The number of alkyl halides is 1. The fourth-order valence-corrected chi connectivity index (χ4v) is 5.45. The number of carbonyl (C=O) groups excluding carboxylic acids is 3. The quantitative estimate of drug-likeness (QED) is 0.164. The smallest absolute Gasteiger partial charge is 0.342 e. The summed E-state index contributed by atoms with van der Waals surface area (Å²) in [7, 11) is -4.49. The van der Waals surface area contributed by atoms with Gasteiger partial charge in [0, 0.05) is 11.9 Å². The Morgan fingerprint density at radius 3 is 2.10 bits per heavy atom. The molecule has 1 saturated heterocycles. The molecule has 0 aromatic carbocycles. The van der Waals surface area contributed by atoms with Crippen molar-refractivity contribution in [3.63, 3.8) is 0 Å². The molecule has 2 heterocycles. The number of nitrogens with one attached hydrogen (secondary N) is 3. The summed E-state index contributed by atoms with van der Waals surface area (Å²) in [5, 5.41) is 28.6. The molecule has 2 amide bonds. The van der Waals surface area contributed by atoms with E-state index in [1.807, 2.05) is 0 Å². The summed E-state index contributed by atoms with van der Waals surface area (Å²) >= 11 is 0. The minimum atomic E-state index is -4.49. The highest BCUT2D eigenvalue weighted by Gasteiger charge is 2.65. The first-order chi connectivity index (χ1) is 17.8. The van der Waals surface area contributed by atoms with E-state index in [1.54, 1.807) is 27.7 Å². The maximum absolute atomic E-state index is 16.0. The number of urea groups is 1. The summed E-state index contributed by atoms with van der Waals surface area (Å²) in [4.78, 5) is 37.8. The number of hydrogen-bond acceptors (Lipinski definition) is 10. The van der Waals surface area contributed by atoms with Gasteiger partial charge in [0.2, 0.25) is 0 Å². The highest BCUT2D eigenvalue weighted by Crippen LogP contribution is 2.46. The maximum atomic E-state index is 16.0. The molecule has 0 radical (unpaired) electrons. The number of nitrogens with zero attached hydrogens (tertiary/aromatic N) is 1. The van der Waals surface area contributed by atoms with Crippen molar-refractivity contribution in [3.8, 4) is 0 Å². The minimum Gasteiger partial charge on any atom is -0.462 e. The van der Waals surface area contributed by atoms with Crippen molar-refractivity contribution >= 4 is 25.6 Å². The van der Waals surface area contributed by atoms with Crippen molar-refractivity contribution in [2.24, 2.45) is 0 Å². The highest BCUT2D eigenvalue weighted by molar-refractivity contribution is 7.54. The second-order valence-corrected chi connectivity index (χ2v) is 11.9. The Morgan fingerprint density at radius 2 is 1.67 bits per heavy atom. The average molecular weight is 581 g/mol. The Hall–Kier alpha value is -2.39. The first kappa shape index (κ1) is 32.8. The molecule has 2 rings (SSSR count). The maximum Gasteiger partial charge on any atom is 0.342 e. The van der Waals surface area contributed by atoms with Gasteiger partial charge in [0.25, 0.3) is 5.85 Å². The van der Waals surface area contributed by atoms with E-state index in [4.69, 9.17) is 18.7 Å². The van der Waals surface area contributed by atoms with Crippen LogP contribution in [0.4, 0.5) is 9.18 Å². The van der Waals surface area contributed by atoms with Crippen LogP contribution in [0.2, 0.25) is 0 Å². The molecule has 1 fully saturated rings. The van der Waals surface area contributed by atoms with E-state index in [-0.39, 0.29) is 5.70 Å². The molecule has 5 N–H and O–H groups in total. The molecule has 0 aliphatic carbocycles. The SMILES string of the molecule is C=C1C=CN([C@@H]2O[C@](F)(COP(=O)(NC(C)C(=O)OC(C)C)NC(C)C(=O)OC(C)C)[C@@H](O)[C@@]2(C)O)C(=O)N1. The highest BCUT2D eigenvalue weighted by atomic mass is 31.2. The first-order valence-corrected chi connectivity index (χ1v) is 13.9. The monoisotopic (exact) mass is 580 g/mol. The zero-order valence-corrected chi connectivity index (χ0v) is 23.9. The lowest BCUT2D eigenvalue weighted by atomic mass is 9.95. The zero-order valence-electron chi connectivity index (χ0n) is 23.0. The average Bonchev–Trinajstić information content (AvgIpc) is 2.97. The molecule has 0 aromatic rings. The molecule has 16 heteroatoms. The van der Waals surface area contributed by atoms with Crippen LogP contribution in [0.3, 0.4) is 0 Å². The molecule has 0 spiro atoms. The summed E-state index contributed by atoms with van der Waals surface area (Å²) in [6.07, 6.45) is -2.48. The van der Waals surface area contributed by atoms with Crippen LogP contribution in [0.15, 0.2) is 24.6 Å². The van der Waals surface area contributed by atoms with Crippen molar-refractivity contribution in [2.45, 2.75) is 96.5 Å². The molecule has 2 aliphatic rings. The lowest BCUT2D eigenvalue weighted by molar-refractivity contribution is -0.204. The van der Waals surface area contributed by atoms with Crippen LogP contribution < -0.4 is 15.5 Å². The second-order valence-electron chi connectivity index (χ2n) is 10.1. The number of aliphatic hydroxyl groups excluding tert-OH is 1. The van der Waals surface area contributed by atoms with Crippen LogP contribution >= 0.6 is 7.67 Å². The number of rotatable bonds is 12. The van der Waals surface area contributed by atoms with Crippen molar-refractivity contribution in [3.05, 3.63) is 24.6 Å². The lowest BCUT2D eigenvalue weighted by Crippen LogP contribution is -2.56. The van der Waals surface area contributed by atoms with E-state index < -0.39 is 80.3 Å². The molecule has 14 nitrogen and oxygen atoms in total. The number of amides is 2. The number of ether oxygens (including phenoxy) is 3. The molecule has 2 unspecified atom stereocenters. The Morgan fingerprint density at radius 1 is 1.18 bits per heavy atom. The van der Waals surface area contributed by atoms with E-state index in [9.17, 15) is 29.2 Å². The van der Waals surface area contributed by atoms with E-state index >= 15 is 4.39 Å². The van der Waals surface area contributed by atoms with E-state index in [1.165, 1.54) is 26.1 Å². The van der Waals surface area contributed by atoms with Crippen LogP contribution in [-0.4, -0.2) is 87.8 Å². The molecule has 0 bridgehead atoms. The van der Waals surface area contributed by atoms with Gasteiger partial charge in [0.15, 0.2) is 6.23 Å². The van der Waals surface area contributed by atoms with E-state index in [0.29, 0.717) is 0 Å². The normalized spacial score (nSPS) is 30.2. The predicted octanol–water partition coefficient (Wildman–Crippen LogP) is 1.16. The van der Waals surface area contributed by atoms with Crippen molar-refractivity contribution in [1.82, 2.24) is 20.4 Å². The summed E-state index contributed by atoms with van der Waals surface area (Å²) < 4.78 is 50.4. The Balaban J connectivity index is 2.29. The Bertz CT molecular complexity index is 1000. The van der Waals surface area contributed by atoms with Crippen molar-refractivity contribution < 1.29 is 52.3 Å². The fourth-order valence-electron chi connectivity index (χ4n) is 3.63. The Labute approximate surface area is 226 Å². The van der Waals surface area contributed by atoms with Gasteiger partial charge < -0.3 is 29.7 Å². The summed E-state index contributed by atoms with van der Waals surface area (Å²) in [5.41, 5.74) is -2.12. The van der Waals surface area contributed by atoms with Gasteiger partial charge in [0.05, 0.1) is 12.2 Å². The first-order valence-electron chi connectivity index (χ1n) is 12.3. The van der Waals surface area contributed by atoms with Gasteiger partial charge in [-0.3, -0.25) is 23.6 Å². The van der Waals surface area contributed by atoms with E-state index in [0.717, 1.165) is 11.8 Å². The van der Waals surface area contributed by atoms with Crippen LogP contribution in [0, 0.1) is 0 Å². The largest absolute Gasteiger partial charge is 0.462 e. The number of aliphatic hydroxyl groups is 2. The zero-order chi connectivity index (χ0) is 29.9. The van der Waals surface area contributed by atoms with Crippen LogP contribution in [0.1, 0.15) is 48.5 Å². The number of allylic oxidation sites excluding steroid dienone is 1. The third-order valence-corrected chi connectivity index (χ3v) is 7.49. The number of esters is 2. The van der Waals surface area contributed by atoms with Gasteiger partial charge in [-0.15, -0.1) is 0 Å². The molecule has 0 saturated carbocycles. The second kappa shape index (κ2) is 12.4. The van der Waals surface area contributed by atoms with Gasteiger partial charge in [-0.25, -0.2) is 19.4 Å². The van der Waals surface area contributed by atoms with Gasteiger partial charge in [-0.1, -0.05) is 6.58 Å². The molecule has 0 aromatic heterocycles. The summed E-state index contributed by atoms with van der Waals surface area (Å²) in [6, 6.07) is -3.32. The standard InChI is InChI=1S/C23H38FN4O10P/c1-12(2)36-17(29)15(6)26-39(34,27-16(7)18(30)37-13(3)4)35-11-23(24)19(31)22(8,33)20(38-23)28-10-9-14(5)25-21(28)32/h9-10,12-13,15-16,19-20,31,33H,5,11H2,1-4,6-8H3,(H,25,32)(H2,26,27,34)/t15?,16?,19-,20+,22+,23+,39?/m0/s1. The number of carbonyl (C=O) groups is 3. The van der Waals surface area contributed by atoms with Crippen LogP contribution in [-0.2, 0) is 32.9 Å². The topological polar surface area (TPSA) is 185 Å². The number of halogens is 1. The minimum absolute atomic E-state index is 0.234. The van der Waals surface area contributed by atoms with Gasteiger partial charge in [0.1, 0.15) is 30.4 Å². The van der Waals surface area contributed by atoms with Crippen molar-refractivity contribution in [2.75, 3.05) is 6.61 Å². The Kier molecular flexibility index (Phi) is 10.4. The fraction of sp³-hybridized carbons (Fsp3) is 0.696. The molecule has 6 atom stereocenters. The van der Waals surface area contributed by atoms with Gasteiger partial charge in [-0.2, -0.15) is 0 Å². The molecule has 2 aliphatic heterocycles. The van der Waals surface area contributed by atoms with Crippen LogP contribution in [0.25, 0.3) is 0 Å². The van der Waals surface area contributed by atoms with Crippen LogP contribution in [0.5, 0.6) is 0 Å². The molecule has 39 heavy (non-hydrogen) atoms. The van der Waals surface area contributed by atoms with Gasteiger partial charge >= 0.3 is 25.6 Å². The number of hydrogen-bond donors (Lipinski definition) is 5. The van der Waals surface area contributed by atoms with Gasteiger partial charge in [-0.05, 0) is 54.5 Å². The lowest BCUT2D eigenvalue weighted by Gasteiger charge is -2.34. The van der Waals surface area contributed by atoms with E-state index in [2.05, 4.69) is 22.1 Å². The molecule has 222 valence electrons. The third kappa shape index (κ3) is 8.07. The predicted molar refractivity (Wildman–Crippen MR) is 135 cm³/mol. The third-order valence-electron chi connectivity index (χ3n) is 5.54.